The second-order valence-corrected chi connectivity index (χ2v) is 6.98. The van der Waals surface area contributed by atoms with Crippen LogP contribution in [0.15, 0.2) is 0 Å². The zero-order valence-electron chi connectivity index (χ0n) is 13.2. The number of rotatable bonds is 12. The number of aliphatic hydroxyl groups excluding tert-OH is 1. The van der Waals surface area contributed by atoms with Crippen molar-refractivity contribution in [2.24, 2.45) is 0 Å². The summed E-state index contributed by atoms with van der Waals surface area (Å²) in [6.07, 6.45) is 3.57. The minimum Gasteiger partial charge on any atom is -0.480 e. The average molecular weight is 367 g/mol. The lowest BCUT2D eigenvalue weighted by atomic mass is 10.1. The van der Waals surface area contributed by atoms with E-state index in [2.05, 4.69) is 35.9 Å². The minimum atomic E-state index is -1.20. The zero-order chi connectivity index (χ0) is 17.8. The quantitative estimate of drug-likeness (QED) is 0.172. The Labute approximate surface area is 147 Å². The normalized spacial score (nSPS) is 13.4. The van der Waals surface area contributed by atoms with Crippen LogP contribution < -0.4 is 10.6 Å². The van der Waals surface area contributed by atoms with E-state index in [1.54, 1.807) is 0 Å². The Kier molecular flexibility index (Phi) is 12.0. The first-order chi connectivity index (χ1) is 10.7. The maximum atomic E-state index is 11.8. The number of unbranched alkanes of at least 4 members (excludes halogenated alkanes) is 3. The van der Waals surface area contributed by atoms with Gasteiger partial charge in [-0.15, -0.1) is 0 Å². The molecule has 0 unspecified atom stereocenters. The van der Waals surface area contributed by atoms with Gasteiger partial charge in [0.05, 0.1) is 6.10 Å². The molecular weight excluding hydrogens is 340 g/mol. The van der Waals surface area contributed by atoms with Gasteiger partial charge in [-0.25, -0.2) is 0 Å². The van der Waals surface area contributed by atoms with Crippen molar-refractivity contribution in [1.29, 1.82) is 0 Å². The number of aliphatic carboxylic acids is 1. The summed E-state index contributed by atoms with van der Waals surface area (Å²) in [7, 11) is 0. The lowest BCUT2D eigenvalue weighted by Gasteiger charge is -2.20. The maximum absolute atomic E-state index is 11.8. The first-order valence-corrected chi connectivity index (χ1v) is 8.60. The molecule has 0 aliphatic carbocycles. The number of carboxylic acid groups (broad SMARTS) is 1. The third kappa shape index (κ3) is 12.2. The van der Waals surface area contributed by atoms with Gasteiger partial charge < -0.3 is 20.8 Å². The molecule has 0 aliphatic heterocycles. The average Bonchev–Trinajstić information content (AvgIpc) is 2.45. The molecule has 2 atom stereocenters. The molecule has 134 valence electrons. The lowest BCUT2D eigenvalue weighted by Crippen LogP contribution is -2.53. The predicted octanol–water partition coefficient (Wildman–Crippen LogP) is 0.579. The monoisotopic (exact) mass is 366 g/mol. The molecule has 4 N–H and O–H groups in total. The summed E-state index contributed by atoms with van der Waals surface area (Å²) >= 11 is 8.33. The fraction of sp³-hybridized carbons (Fsp3) is 0.786. The molecule has 0 radical (unpaired) electrons. The number of hydrogen-bond acceptors (Lipinski definition) is 6. The van der Waals surface area contributed by atoms with E-state index in [-0.39, 0.29) is 16.9 Å². The summed E-state index contributed by atoms with van der Waals surface area (Å²) in [6, 6.07) is -1.16. The van der Waals surface area contributed by atoms with E-state index in [9.17, 15) is 19.5 Å². The lowest BCUT2D eigenvalue weighted by molar-refractivity contribution is -0.139. The summed E-state index contributed by atoms with van der Waals surface area (Å²) in [6.45, 7) is 0.797. The molecule has 23 heavy (non-hydrogen) atoms. The summed E-state index contributed by atoms with van der Waals surface area (Å²) in [5.41, 5.74) is 0. The zero-order valence-corrected chi connectivity index (χ0v) is 15.0. The highest BCUT2D eigenvalue weighted by Crippen LogP contribution is 2.12. The van der Waals surface area contributed by atoms with E-state index in [0.29, 0.717) is 6.42 Å². The van der Waals surface area contributed by atoms with Gasteiger partial charge in [-0.3, -0.25) is 14.4 Å². The van der Waals surface area contributed by atoms with Gasteiger partial charge in [0.25, 0.3) is 0 Å². The van der Waals surface area contributed by atoms with Crippen LogP contribution in [0.2, 0.25) is 0 Å². The first kappa shape index (κ1) is 22.1. The van der Waals surface area contributed by atoms with Gasteiger partial charge >= 0.3 is 5.97 Å². The van der Waals surface area contributed by atoms with Crippen LogP contribution in [-0.2, 0) is 14.4 Å². The van der Waals surface area contributed by atoms with Crippen LogP contribution in [0.4, 0.5) is 0 Å². The fourth-order valence-electron chi connectivity index (χ4n) is 1.89. The van der Waals surface area contributed by atoms with Crippen molar-refractivity contribution in [3.05, 3.63) is 0 Å². The highest BCUT2D eigenvalue weighted by Gasteiger charge is 2.25. The topological polar surface area (TPSA) is 116 Å². The van der Waals surface area contributed by atoms with E-state index < -0.39 is 30.6 Å². The summed E-state index contributed by atoms with van der Waals surface area (Å²) in [5.74, 6) is -2.26. The molecule has 0 saturated carbocycles. The SMILES string of the molecule is C[C@@H](O)[C@H](NC(=O)CCCCCCC(S)S)C(=O)NCC(=O)O. The van der Waals surface area contributed by atoms with E-state index in [1.807, 2.05) is 0 Å². The molecule has 0 fully saturated rings. The number of carboxylic acids is 1. The first-order valence-electron chi connectivity index (χ1n) is 7.57. The Hall–Kier alpha value is -0.930. The summed E-state index contributed by atoms with van der Waals surface area (Å²) in [4.78, 5) is 34.0. The Bertz CT molecular complexity index is 391. The highest BCUT2D eigenvalue weighted by atomic mass is 32.2. The van der Waals surface area contributed by atoms with Crippen molar-refractivity contribution in [3.8, 4) is 0 Å². The van der Waals surface area contributed by atoms with E-state index in [4.69, 9.17) is 5.11 Å². The molecule has 0 aromatic heterocycles. The molecule has 0 rings (SSSR count). The molecule has 2 amide bonds. The number of amides is 2. The Morgan fingerprint density at radius 2 is 1.70 bits per heavy atom. The van der Waals surface area contributed by atoms with Crippen LogP contribution in [0.3, 0.4) is 0 Å². The molecule has 7 nitrogen and oxygen atoms in total. The van der Waals surface area contributed by atoms with Gasteiger partial charge in [-0.1, -0.05) is 19.3 Å². The number of thiol groups is 2. The second kappa shape index (κ2) is 12.5. The molecule has 0 saturated heterocycles. The smallest absolute Gasteiger partial charge is 0.322 e. The Balaban J connectivity index is 4.06. The van der Waals surface area contributed by atoms with Crippen molar-refractivity contribution < 1.29 is 24.6 Å². The number of nitrogens with one attached hydrogen (secondary N) is 2. The molecular formula is C14H26N2O5S2. The summed E-state index contributed by atoms with van der Waals surface area (Å²) in [5, 5.41) is 22.6. The minimum absolute atomic E-state index is 0.0782. The van der Waals surface area contributed by atoms with Crippen LogP contribution in [0, 0.1) is 0 Å². The second-order valence-electron chi connectivity index (χ2n) is 5.33. The summed E-state index contributed by atoms with van der Waals surface area (Å²) < 4.78 is 0.0782. The highest BCUT2D eigenvalue weighted by molar-refractivity contribution is 7.99. The molecule has 0 aromatic rings. The molecule has 0 aromatic carbocycles. The number of carbonyl (C=O) groups is 3. The molecule has 0 aliphatic rings. The van der Waals surface area contributed by atoms with Gasteiger partial charge in [0.1, 0.15) is 12.6 Å². The van der Waals surface area contributed by atoms with Crippen molar-refractivity contribution in [2.45, 2.75) is 62.2 Å². The van der Waals surface area contributed by atoms with Crippen molar-refractivity contribution >= 4 is 43.0 Å². The van der Waals surface area contributed by atoms with Crippen molar-refractivity contribution in [1.82, 2.24) is 10.6 Å². The number of hydrogen-bond donors (Lipinski definition) is 6. The Morgan fingerprint density at radius 1 is 1.09 bits per heavy atom. The molecule has 9 heteroatoms. The van der Waals surface area contributed by atoms with E-state index in [1.165, 1.54) is 6.92 Å². The predicted molar refractivity (Wildman–Crippen MR) is 93.7 cm³/mol. The van der Waals surface area contributed by atoms with E-state index >= 15 is 0 Å². The van der Waals surface area contributed by atoms with Crippen LogP contribution in [0.25, 0.3) is 0 Å². The number of aliphatic hydroxyl groups is 1. The van der Waals surface area contributed by atoms with Crippen LogP contribution in [0.5, 0.6) is 0 Å². The molecule has 0 heterocycles. The van der Waals surface area contributed by atoms with Gasteiger partial charge in [0.15, 0.2) is 0 Å². The third-order valence-electron chi connectivity index (χ3n) is 3.11. The van der Waals surface area contributed by atoms with Crippen molar-refractivity contribution in [3.63, 3.8) is 0 Å². The molecule has 0 bridgehead atoms. The van der Waals surface area contributed by atoms with Crippen LogP contribution >= 0.6 is 25.3 Å². The van der Waals surface area contributed by atoms with Crippen LogP contribution in [0.1, 0.15) is 45.4 Å². The third-order valence-corrected chi connectivity index (χ3v) is 3.63. The van der Waals surface area contributed by atoms with Crippen LogP contribution in [-0.4, -0.2) is 51.3 Å². The van der Waals surface area contributed by atoms with Gasteiger partial charge in [0.2, 0.25) is 11.8 Å². The van der Waals surface area contributed by atoms with Crippen molar-refractivity contribution in [2.75, 3.05) is 6.54 Å². The molecule has 0 spiro atoms. The maximum Gasteiger partial charge on any atom is 0.322 e. The fourth-order valence-corrected chi connectivity index (χ4v) is 2.25. The largest absolute Gasteiger partial charge is 0.480 e. The van der Waals surface area contributed by atoms with Gasteiger partial charge in [-0.05, 0) is 19.8 Å². The Morgan fingerprint density at radius 3 is 2.22 bits per heavy atom. The van der Waals surface area contributed by atoms with E-state index in [0.717, 1.165) is 25.7 Å². The standard InChI is InChI=1S/C14H26N2O5S2/c1-9(17)13(14(21)15-8-11(19)20)16-10(18)6-4-2-3-5-7-12(22)23/h9,12-13,17,22-23H,2-8H2,1H3,(H,15,21)(H,16,18)(H,19,20)/t9-,13+/m1/s1. The van der Waals surface area contributed by atoms with Gasteiger partial charge in [-0.2, -0.15) is 25.3 Å². The number of carbonyl (C=O) groups excluding carboxylic acids is 2. The van der Waals surface area contributed by atoms with Gasteiger partial charge in [0, 0.05) is 11.0 Å².